The third kappa shape index (κ3) is 2.89. The molecular weight excluding hydrogens is 310 g/mol. The smallest absolute Gasteiger partial charge is 0.255 e. The largest absolute Gasteiger partial charge is 0.490 e. The van der Waals surface area contributed by atoms with Crippen LogP contribution in [0.1, 0.15) is 21.5 Å². The molecular formula is C22H19NO2. The maximum Gasteiger partial charge on any atom is 0.255 e. The molecule has 1 amide bonds. The van der Waals surface area contributed by atoms with Gasteiger partial charge in [0.2, 0.25) is 0 Å². The minimum absolute atomic E-state index is 0.117. The second-order valence-electron chi connectivity index (χ2n) is 6.19. The van der Waals surface area contributed by atoms with Crippen molar-refractivity contribution in [2.75, 3.05) is 11.9 Å². The van der Waals surface area contributed by atoms with Crippen LogP contribution >= 0.6 is 0 Å². The predicted octanol–water partition coefficient (Wildman–Crippen LogP) is 4.76. The van der Waals surface area contributed by atoms with Gasteiger partial charge in [0.15, 0.2) is 0 Å². The zero-order chi connectivity index (χ0) is 17.2. The Morgan fingerprint density at radius 3 is 2.56 bits per heavy atom. The second-order valence-corrected chi connectivity index (χ2v) is 6.19. The average molecular weight is 329 g/mol. The topological polar surface area (TPSA) is 38.3 Å². The van der Waals surface area contributed by atoms with E-state index in [-0.39, 0.29) is 5.91 Å². The van der Waals surface area contributed by atoms with Gasteiger partial charge in [0.1, 0.15) is 12.4 Å². The summed E-state index contributed by atoms with van der Waals surface area (Å²) in [6, 6.07) is 17.6. The van der Waals surface area contributed by atoms with Gasteiger partial charge in [0.25, 0.3) is 5.91 Å². The number of carbonyl (C=O) groups is 1. The van der Waals surface area contributed by atoms with E-state index in [9.17, 15) is 4.79 Å². The molecule has 0 saturated heterocycles. The van der Waals surface area contributed by atoms with Gasteiger partial charge in [-0.3, -0.25) is 4.79 Å². The lowest BCUT2D eigenvalue weighted by Gasteiger charge is -2.11. The molecule has 1 aliphatic rings. The summed E-state index contributed by atoms with van der Waals surface area (Å²) in [6.07, 6.45) is 3.85. The lowest BCUT2D eigenvalue weighted by molar-refractivity contribution is 0.102. The number of hydrogen-bond acceptors (Lipinski definition) is 2. The SMILES string of the molecule is C=CCOc1ccc(C(=O)Nc2ccc3c4c(cccc24)CC3)cc1. The highest BCUT2D eigenvalue weighted by Gasteiger charge is 2.17. The standard InChI is InChI=1S/C22H19NO2/c1-2-14-25-18-11-8-17(9-12-18)22(24)23-20-13-10-16-7-6-15-4-3-5-19(20)21(15)16/h2-5,8-13H,1,6-7,14H2,(H,23,24). The molecule has 1 N–H and O–H groups in total. The van der Waals surface area contributed by atoms with Crippen LogP contribution in [-0.4, -0.2) is 12.5 Å². The molecule has 3 aromatic rings. The number of rotatable bonds is 5. The third-order valence-electron chi connectivity index (χ3n) is 4.61. The van der Waals surface area contributed by atoms with Gasteiger partial charge in [-0.25, -0.2) is 0 Å². The molecule has 0 aromatic heterocycles. The fourth-order valence-electron chi connectivity index (χ4n) is 3.41. The molecule has 1 aliphatic carbocycles. The highest BCUT2D eigenvalue weighted by atomic mass is 16.5. The maximum absolute atomic E-state index is 12.6. The Kier molecular flexibility index (Phi) is 3.98. The van der Waals surface area contributed by atoms with Gasteiger partial charge in [-0.05, 0) is 59.7 Å². The molecule has 0 aliphatic heterocycles. The number of hydrogen-bond donors (Lipinski definition) is 1. The second kappa shape index (κ2) is 6.44. The van der Waals surface area contributed by atoms with Crippen LogP contribution in [0.2, 0.25) is 0 Å². The number of benzene rings is 3. The number of ether oxygens (including phenoxy) is 1. The van der Waals surface area contributed by atoms with Crippen molar-refractivity contribution >= 4 is 22.4 Å². The Bertz CT molecular complexity index is 947. The summed E-state index contributed by atoms with van der Waals surface area (Å²) in [4.78, 5) is 12.6. The van der Waals surface area contributed by atoms with Gasteiger partial charge in [0, 0.05) is 16.6 Å². The van der Waals surface area contributed by atoms with Gasteiger partial charge in [-0.2, -0.15) is 0 Å². The van der Waals surface area contributed by atoms with Crippen molar-refractivity contribution in [2.45, 2.75) is 12.8 Å². The number of carbonyl (C=O) groups excluding carboxylic acids is 1. The Morgan fingerprint density at radius 1 is 1.04 bits per heavy atom. The Balaban J connectivity index is 1.59. The maximum atomic E-state index is 12.6. The molecule has 0 spiro atoms. The zero-order valence-corrected chi connectivity index (χ0v) is 13.9. The summed E-state index contributed by atoms with van der Waals surface area (Å²) in [5.74, 6) is 0.607. The molecule has 3 heteroatoms. The predicted molar refractivity (Wildman–Crippen MR) is 101 cm³/mol. The van der Waals surface area contributed by atoms with E-state index in [1.165, 1.54) is 16.5 Å². The molecule has 0 bridgehead atoms. The van der Waals surface area contributed by atoms with Crippen molar-refractivity contribution in [2.24, 2.45) is 0 Å². The van der Waals surface area contributed by atoms with Gasteiger partial charge in [-0.15, -0.1) is 0 Å². The Labute approximate surface area is 146 Å². The summed E-state index contributed by atoms with van der Waals surface area (Å²) < 4.78 is 5.45. The minimum atomic E-state index is -0.117. The highest BCUT2D eigenvalue weighted by Crippen LogP contribution is 2.35. The fraction of sp³-hybridized carbons (Fsp3) is 0.136. The van der Waals surface area contributed by atoms with Gasteiger partial charge in [-0.1, -0.05) is 36.9 Å². The van der Waals surface area contributed by atoms with Crippen LogP contribution in [-0.2, 0) is 12.8 Å². The molecule has 0 heterocycles. The van der Waals surface area contributed by atoms with Gasteiger partial charge < -0.3 is 10.1 Å². The van der Waals surface area contributed by atoms with E-state index in [1.54, 1.807) is 30.3 Å². The lowest BCUT2D eigenvalue weighted by Crippen LogP contribution is -2.12. The van der Waals surface area contributed by atoms with E-state index in [0.717, 1.165) is 29.7 Å². The zero-order valence-electron chi connectivity index (χ0n) is 13.9. The van der Waals surface area contributed by atoms with E-state index < -0.39 is 0 Å². The number of amides is 1. The average Bonchev–Trinajstić information content (AvgIpc) is 3.07. The van der Waals surface area contributed by atoms with E-state index in [4.69, 9.17) is 4.74 Å². The van der Waals surface area contributed by atoms with E-state index in [1.807, 2.05) is 6.07 Å². The van der Waals surface area contributed by atoms with Crippen LogP contribution in [0.4, 0.5) is 5.69 Å². The summed E-state index contributed by atoms with van der Waals surface area (Å²) in [5.41, 5.74) is 4.20. The molecule has 0 unspecified atom stereocenters. The molecule has 25 heavy (non-hydrogen) atoms. The number of nitrogens with one attached hydrogen (secondary N) is 1. The van der Waals surface area contributed by atoms with Crippen LogP contribution in [0.25, 0.3) is 10.8 Å². The van der Waals surface area contributed by atoms with Gasteiger partial charge >= 0.3 is 0 Å². The van der Waals surface area contributed by atoms with E-state index in [0.29, 0.717) is 12.2 Å². The third-order valence-corrected chi connectivity index (χ3v) is 4.61. The first kappa shape index (κ1) is 15.5. The molecule has 0 radical (unpaired) electrons. The molecule has 0 atom stereocenters. The summed E-state index contributed by atoms with van der Waals surface area (Å²) in [7, 11) is 0. The highest BCUT2D eigenvalue weighted by molar-refractivity contribution is 6.10. The minimum Gasteiger partial charge on any atom is -0.490 e. The first-order chi connectivity index (χ1) is 12.3. The first-order valence-corrected chi connectivity index (χ1v) is 8.45. The number of aryl methyl sites for hydroxylation is 2. The van der Waals surface area contributed by atoms with Crippen LogP contribution in [0.3, 0.4) is 0 Å². The van der Waals surface area contributed by atoms with Gasteiger partial charge in [0.05, 0.1) is 0 Å². The molecule has 3 aromatic carbocycles. The van der Waals surface area contributed by atoms with Crippen LogP contribution < -0.4 is 10.1 Å². The Morgan fingerprint density at radius 2 is 1.80 bits per heavy atom. The van der Waals surface area contributed by atoms with Crippen molar-refractivity contribution < 1.29 is 9.53 Å². The van der Waals surface area contributed by atoms with Crippen LogP contribution in [0.15, 0.2) is 67.3 Å². The molecule has 3 nitrogen and oxygen atoms in total. The Hall–Kier alpha value is -3.07. The van der Waals surface area contributed by atoms with E-state index in [2.05, 4.69) is 36.2 Å². The first-order valence-electron chi connectivity index (χ1n) is 8.45. The molecule has 0 fully saturated rings. The fourth-order valence-corrected chi connectivity index (χ4v) is 3.41. The molecule has 124 valence electrons. The van der Waals surface area contributed by atoms with Crippen molar-refractivity contribution in [1.29, 1.82) is 0 Å². The van der Waals surface area contributed by atoms with E-state index >= 15 is 0 Å². The van der Waals surface area contributed by atoms with Crippen molar-refractivity contribution in [3.8, 4) is 5.75 Å². The summed E-state index contributed by atoms with van der Waals surface area (Å²) in [6.45, 7) is 4.07. The monoisotopic (exact) mass is 329 g/mol. The molecule has 4 rings (SSSR count). The van der Waals surface area contributed by atoms with Crippen molar-refractivity contribution in [3.05, 3.63) is 83.9 Å². The lowest BCUT2D eigenvalue weighted by atomic mass is 10.0. The summed E-state index contributed by atoms with van der Waals surface area (Å²) in [5, 5.41) is 5.47. The normalized spacial score (nSPS) is 12.2. The molecule has 0 saturated carbocycles. The number of anilines is 1. The van der Waals surface area contributed by atoms with Crippen molar-refractivity contribution in [1.82, 2.24) is 0 Å². The van der Waals surface area contributed by atoms with Crippen LogP contribution in [0, 0.1) is 0 Å². The van der Waals surface area contributed by atoms with Crippen molar-refractivity contribution in [3.63, 3.8) is 0 Å². The summed E-state index contributed by atoms with van der Waals surface area (Å²) >= 11 is 0. The van der Waals surface area contributed by atoms with Crippen LogP contribution in [0.5, 0.6) is 5.75 Å². The quantitative estimate of drug-likeness (QED) is 0.686.